The van der Waals surface area contributed by atoms with Gasteiger partial charge in [-0.05, 0) is 19.3 Å². The molecule has 0 aliphatic carbocycles. The second-order valence-corrected chi connectivity index (χ2v) is 4.65. The van der Waals surface area contributed by atoms with E-state index in [9.17, 15) is 4.79 Å². The molecule has 1 atom stereocenters. The van der Waals surface area contributed by atoms with E-state index in [1.165, 1.54) is 25.7 Å². The molecular weight excluding hydrogens is 220 g/mol. The van der Waals surface area contributed by atoms with Gasteiger partial charge in [-0.1, -0.05) is 45.4 Å². The summed E-state index contributed by atoms with van der Waals surface area (Å²) in [5.74, 6) is -1.25. The van der Waals surface area contributed by atoms with Gasteiger partial charge >= 0.3 is 5.97 Å². The van der Waals surface area contributed by atoms with Gasteiger partial charge in [0.2, 0.25) is 0 Å². The zero-order chi connectivity index (χ0) is 13.1. The van der Waals surface area contributed by atoms with Crippen LogP contribution in [0.15, 0.2) is 0 Å². The van der Waals surface area contributed by atoms with Crippen LogP contribution >= 0.6 is 0 Å². The molecule has 0 radical (unpaired) electrons. The van der Waals surface area contributed by atoms with Crippen LogP contribution in [0.25, 0.3) is 0 Å². The molecule has 0 fully saturated rings. The molecule has 0 aliphatic rings. The molecule has 0 aliphatic heterocycles. The fourth-order valence-electron chi connectivity index (χ4n) is 1.91. The zero-order valence-corrected chi connectivity index (χ0v) is 10.8. The Morgan fingerprint density at radius 3 is 2.06 bits per heavy atom. The van der Waals surface area contributed by atoms with E-state index in [1.807, 2.05) is 0 Å². The molecule has 0 aromatic heterocycles. The molecule has 0 bridgehead atoms. The van der Waals surface area contributed by atoms with Gasteiger partial charge in [0.05, 0.1) is 5.92 Å². The normalized spacial score (nSPS) is 12.9. The number of unbranched alkanes of at least 4 members (excludes halogenated alkanes) is 5. The van der Waals surface area contributed by atoms with Crippen molar-refractivity contribution >= 4 is 5.97 Å². The van der Waals surface area contributed by atoms with E-state index in [0.717, 1.165) is 12.8 Å². The van der Waals surface area contributed by atoms with Crippen molar-refractivity contribution in [2.24, 2.45) is 5.92 Å². The van der Waals surface area contributed by atoms with Crippen molar-refractivity contribution in [2.45, 2.75) is 71.0 Å². The van der Waals surface area contributed by atoms with E-state index in [2.05, 4.69) is 6.92 Å². The summed E-state index contributed by atoms with van der Waals surface area (Å²) in [7, 11) is 0. The van der Waals surface area contributed by atoms with E-state index < -0.39 is 18.2 Å². The smallest absolute Gasteiger partial charge is 0.306 e. The topological polar surface area (TPSA) is 77.8 Å². The van der Waals surface area contributed by atoms with E-state index in [0.29, 0.717) is 12.8 Å². The summed E-state index contributed by atoms with van der Waals surface area (Å²) in [6.45, 7) is 2.17. The monoisotopic (exact) mass is 246 g/mol. The van der Waals surface area contributed by atoms with Gasteiger partial charge in [-0.15, -0.1) is 0 Å². The van der Waals surface area contributed by atoms with Crippen molar-refractivity contribution in [1.29, 1.82) is 0 Å². The summed E-state index contributed by atoms with van der Waals surface area (Å²) < 4.78 is 0. The summed E-state index contributed by atoms with van der Waals surface area (Å²) in [4.78, 5) is 10.9. The number of carbonyl (C=O) groups is 1. The Balaban J connectivity index is 3.60. The number of aliphatic hydroxyl groups excluding tert-OH is 1. The molecule has 0 amide bonds. The molecule has 0 heterocycles. The lowest BCUT2D eigenvalue weighted by molar-refractivity contribution is -0.143. The third kappa shape index (κ3) is 10.3. The maximum atomic E-state index is 10.9. The van der Waals surface area contributed by atoms with Crippen LogP contribution in [-0.2, 0) is 4.79 Å². The molecule has 1 unspecified atom stereocenters. The molecule has 17 heavy (non-hydrogen) atoms. The summed E-state index contributed by atoms with van der Waals surface area (Å²) in [5, 5.41) is 26.4. The zero-order valence-electron chi connectivity index (χ0n) is 10.8. The van der Waals surface area contributed by atoms with Crippen molar-refractivity contribution in [3.8, 4) is 0 Å². The Kier molecular flexibility index (Phi) is 10.2. The maximum Gasteiger partial charge on any atom is 0.306 e. The van der Waals surface area contributed by atoms with E-state index in [4.69, 9.17) is 15.3 Å². The number of carboxylic acid groups (broad SMARTS) is 1. The number of hydrogen-bond donors (Lipinski definition) is 3. The highest BCUT2D eigenvalue weighted by Crippen LogP contribution is 2.17. The van der Waals surface area contributed by atoms with Crippen LogP contribution in [0.3, 0.4) is 0 Å². The van der Waals surface area contributed by atoms with Crippen LogP contribution in [0.1, 0.15) is 64.7 Å². The molecule has 0 aromatic carbocycles. The van der Waals surface area contributed by atoms with Gasteiger partial charge in [-0.2, -0.15) is 0 Å². The molecule has 4 nitrogen and oxygen atoms in total. The minimum absolute atomic E-state index is 0.146. The van der Waals surface area contributed by atoms with Crippen molar-refractivity contribution in [3.05, 3.63) is 0 Å². The van der Waals surface area contributed by atoms with Crippen LogP contribution in [0.2, 0.25) is 0 Å². The van der Waals surface area contributed by atoms with Gasteiger partial charge in [0.25, 0.3) is 0 Å². The highest BCUT2D eigenvalue weighted by atomic mass is 16.5. The largest absolute Gasteiger partial charge is 0.481 e. The van der Waals surface area contributed by atoms with Crippen LogP contribution in [0.5, 0.6) is 0 Å². The fraction of sp³-hybridized carbons (Fsp3) is 0.923. The Bertz CT molecular complexity index is 192. The molecule has 0 saturated carbocycles. The second kappa shape index (κ2) is 10.5. The maximum absolute atomic E-state index is 10.9. The minimum Gasteiger partial charge on any atom is -0.481 e. The van der Waals surface area contributed by atoms with E-state index in [1.54, 1.807) is 0 Å². The SMILES string of the molecule is CCCCCCCCC(CCC(O)O)C(=O)O. The first-order valence-corrected chi connectivity index (χ1v) is 6.66. The number of rotatable bonds is 11. The average Bonchev–Trinajstić information content (AvgIpc) is 2.26. The molecule has 3 N–H and O–H groups in total. The summed E-state index contributed by atoms with van der Waals surface area (Å²) >= 11 is 0. The summed E-state index contributed by atoms with van der Waals surface area (Å²) in [6, 6.07) is 0. The lowest BCUT2D eigenvalue weighted by Gasteiger charge is -2.12. The Labute approximate surface area is 104 Å². The van der Waals surface area contributed by atoms with Gasteiger partial charge < -0.3 is 15.3 Å². The Hall–Kier alpha value is -0.610. The van der Waals surface area contributed by atoms with Crippen molar-refractivity contribution in [2.75, 3.05) is 0 Å². The average molecular weight is 246 g/mol. The van der Waals surface area contributed by atoms with Crippen molar-refractivity contribution < 1.29 is 20.1 Å². The molecule has 0 rings (SSSR count). The van der Waals surface area contributed by atoms with Crippen LogP contribution in [-0.4, -0.2) is 27.6 Å². The fourth-order valence-corrected chi connectivity index (χ4v) is 1.91. The van der Waals surface area contributed by atoms with Gasteiger partial charge in [-0.25, -0.2) is 0 Å². The molecular formula is C13H26O4. The van der Waals surface area contributed by atoms with Crippen LogP contribution in [0, 0.1) is 5.92 Å². The standard InChI is InChI=1S/C13H26O4/c1-2-3-4-5-6-7-8-11(13(16)17)9-10-12(14)15/h11-12,14-15H,2-10H2,1H3,(H,16,17). The molecule has 0 spiro atoms. The number of aliphatic hydroxyl groups is 2. The number of carboxylic acids is 1. The minimum atomic E-state index is -1.39. The summed E-state index contributed by atoms with van der Waals surface area (Å²) in [6.07, 6.45) is 6.61. The van der Waals surface area contributed by atoms with E-state index >= 15 is 0 Å². The molecule has 4 heteroatoms. The third-order valence-electron chi connectivity index (χ3n) is 3.03. The Morgan fingerprint density at radius 2 is 1.53 bits per heavy atom. The highest BCUT2D eigenvalue weighted by Gasteiger charge is 2.17. The van der Waals surface area contributed by atoms with Gasteiger partial charge in [0.15, 0.2) is 6.29 Å². The van der Waals surface area contributed by atoms with Crippen molar-refractivity contribution in [1.82, 2.24) is 0 Å². The van der Waals surface area contributed by atoms with Gasteiger partial charge in [-0.3, -0.25) is 4.79 Å². The lowest BCUT2D eigenvalue weighted by Crippen LogP contribution is -2.16. The lowest BCUT2D eigenvalue weighted by atomic mass is 9.95. The first kappa shape index (κ1) is 16.4. The van der Waals surface area contributed by atoms with Crippen molar-refractivity contribution in [3.63, 3.8) is 0 Å². The van der Waals surface area contributed by atoms with Crippen LogP contribution in [0.4, 0.5) is 0 Å². The van der Waals surface area contributed by atoms with E-state index in [-0.39, 0.29) is 6.42 Å². The predicted octanol–water partition coefficient (Wildman–Crippen LogP) is 2.53. The number of aliphatic carboxylic acids is 1. The molecule has 102 valence electrons. The van der Waals surface area contributed by atoms with Gasteiger partial charge in [0.1, 0.15) is 0 Å². The summed E-state index contributed by atoms with van der Waals surface area (Å²) in [5.41, 5.74) is 0. The highest BCUT2D eigenvalue weighted by molar-refractivity contribution is 5.69. The first-order valence-electron chi connectivity index (χ1n) is 6.66. The third-order valence-corrected chi connectivity index (χ3v) is 3.03. The van der Waals surface area contributed by atoms with Crippen LogP contribution < -0.4 is 0 Å². The first-order chi connectivity index (χ1) is 8.07. The molecule has 0 aromatic rings. The quantitative estimate of drug-likeness (QED) is 0.387. The Morgan fingerprint density at radius 1 is 0.941 bits per heavy atom. The second-order valence-electron chi connectivity index (χ2n) is 4.65. The van der Waals surface area contributed by atoms with Gasteiger partial charge in [0, 0.05) is 0 Å². The molecule has 0 saturated heterocycles. The number of hydrogen-bond acceptors (Lipinski definition) is 3. The predicted molar refractivity (Wildman–Crippen MR) is 66.6 cm³/mol.